The highest BCUT2D eigenvalue weighted by Gasteiger charge is 2.18. The van der Waals surface area contributed by atoms with Crippen molar-refractivity contribution in [3.8, 4) is 5.75 Å². The molecular formula is C16H23ClN2O2. The highest BCUT2D eigenvalue weighted by atomic mass is 35.5. The first-order chi connectivity index (χ1) is 10.1. The molecule has 1 saturated heterocycles. The van der Waals surface area contributed by atoms with Crippen LogP contribution in [0.1, 0.15) is 19.8 Å². The monoisotopic (exact) mass is 310 g/mol. The highest BCUT2D eigenvalue weighted by molar-refractivity contribution is 6.30. The molecule has 0 saturated carbocycles. The van der Waals surface area contributed by atoms with Gasteiger partial charge in [-0.1, -0.05) is 18.5 Å². The Morgan fingerprint density at radius 1 is 1.43 bits per heavy atom. The minimum Gasteiger partial charge on any atom is -0.492 e. The van der Waals surface area contributed by atoms with Gasteiger partial charge in [0, 0.05) is 11.6 Å². The number of hydrogen-bond acceptors (Lipinski definition) is 3. The van der Waals surface area contributed by atoms with E-state index in [1.54, 1.807) is 12.1 Å². The Balaban J connectivity index is 1.59. The van der Waals surface area contributed by atoms with Crippen LogP contribution in [0.5, 0.6) is 5.75 Å². The topological polar surface area (TPSA) is 41.6 Å². The maximum Gasteiger partial charge on any atom is 0.234 e. The second-order valence-electron chi connectivity index (χ2n) is 5.63. The third kappa shape index (κ3) is 5.94. The van der Waals surface area contributed by atoms with Gasteiger partial charge in [0.1, 0.15) is 12.4 Å². The van der Waals surface area contributed by atoms with E-state index in [1.807, 2.05) is 12.1 Å². The van der Waals surface area contributed by atoms with Crippen molar-refractivity contribution in [3.63, 3.8) is 0 Å². The number of carbonyl (C=O) groups excluding carboxylic acids is 1. The molecule has 1 amide bonds. The van der Waals surface area contributed by atoms with Crippen molar-refractivity contribution < 1.29 is 9.53 Å². The third-order valence-corrected chi connectivity index (χ3v) is 3.87. The molecule has 1 atom stereocenters. The summed E-state index contributed by atoms with van der Waals surface area (Å²) in [5.41, 5.74) is 0. The maximum atomic E-state index is 11.8. The fraction of sp³-hybridized carbons (Fsp3) is 0.562. The van der Waals surface area contributed by atoms with Gasteiger partial charge >= 0.3 is 0 Å². The summed E-state index contributed by atoms with van der Waals surface area (Å²) in [7, 11) is 0. The lowest BCUT2D eigenvalue weighted by atomic mass is 10.0. The van der Waals surface area contributed by atoms with Gasteiger partial charge < -0.3 is 10.1 Å². The van der Waals surface area contributed by atoms with Gasteiger partial charge in [0.05, 0.1) is 13.1 Å². The standard InChI is InChI=1S/C16H23ClN2O2/c1-13-3-2-9-19(11-13)12-16(20)18-8-10-21-15-6-4-14(17)5-7-15/h4-7,13H,2-3,8-12H2,1H3,(H,18,20)/t13-/m0/s1. The molecule has 2 rings (SSSR count). The van der Waals surface area contributed by atoms with E-state index in [4.69, 9.17) is 16.3 Å². The van der Waals surface area contributed by atoms with Gasteiger partial charge in [0.2, 0.25) is 5.91 Å². The molecule has 116 valence electrons. The van der Waals surface area contributed by atoms with Crippen LogP contribution in [0.25, 0.3) is 0 Å². The number of piperidine rings is 1. The molecule has 1 aliphatic rings. The molecule has 1 aromatic carbocycles. The summed E-state index contributed by atoms with van der Waals surface area (Å²) in [6.07, 6.45) is 2.46. The first-order valence-electron chi connectivity index (χ1n) is 7.51. The number of nitrogens with zero attached hydrogens (tertiary/aromatic N) is 1. The zero-order valence-corrected chi connectivity index (χ0v) is 13.2. The van der Waals surface area contributed by atoms with Crippen molar-refractivity contribution in [1.29, 1.82) is 0 Å². The number of nitrogens with one attached hydrogen (secondary N) is 1. The Morgan fingerprint density at radius 2 is 2.19 bits per heavy atom. The minimum atomic E-state index is 0.0730. The lowest BCUT2D eigenvalue weighted by molar-refractivity contribution is -0.122. The van der Waals surface area contributed by atoms with E-state index in [1.165, 1.54) is 12.8 Å². The zero-order chi connectivity index (χ0) is 15.1. The second-order valence-corrected chi connectivity index (χ2v) is 6.07. The number of carbonyl (C=O) groups is 1. The Kier molecular flexibility index (Phi) is 6.33. The number of halogens is 1. The van der Waals surface area contributed by atoms with E-state index in [9.17, 15) is 4.79 Å². The van der Waals surface area contributed by atoms with Crippen LogP contribution >= 0.6 is 11.6 Å². The van der Waals surface area contributed by atoms with Gasteiger partial charge in [-0.25, -0.2) is 0 Å². The molecule has 0 aromatic heterocycles. The molecule has 4 nitrogen and oxygen atoms in total. The Hall–Kier alpha value is -1.26. The van der Waals surface area contributed by atoms with Crippen molar-refractivity contribution >= 4 is 17.5 Å². The Bertz CT molecular complexity index is 450. The largest absolute Gasteiger partial charge is 0.492 e. The number of amides is 1. The van der Waals surface area contributed by atoms with Crippen LogP contribution in [0, 0.1) is 5.92 Å². The average Bonchev–Trinajstić information content (AvgIpc) is 2.45. The highest BCUT2D eigenvalue weighted by Crippen LogP contribution is 2.15. The molecule has 0 bridgehead atoms. The number of likely N-dealkylation sites (tertiary alicyclic amines) is 1. The normalized spacial score (nSPS) is 19.2. The Morgan fingerprint density at radius 3 is 2.90 bits per heavy atom. The van der Waals surface area contributed by atoms with E-state index in [2.05, 4.69) is 17.1 Å². The summed E-state index contributed by atoms with van der Waals surface area (Å²) in [6, 6.07) is 7.21. The van der Waals surface area contributed by atoms with E-state index in [0.29, 0.717) is 30.6 Å². The average molecular weight is 311 g/mol. The molecule has 1 fully saturated rings. The molecule has 1 aromatic rings. The van der Waals surface area contributed by atoms with Gasteiger partial charge in [0.25, 0.3) is 0 Å². The summed E-state index contributed by atoms with van der Waals surface area (Å²) in [4.78, 5) is 14.1. The van der Waals surface area contributed by atoms with Crippen molar-refractivity contribution in [1.82, 2.24) is 10.2 Å². The minimum absolute atomic E-state index is 0.0730. The van der Waals surface area contributed by atoms with Crippen molar-refractivity contribution in [2.24, 2.45) is 5.92 Å². The molecule has 5 heteroatoms. The molecule has 1 heterocycles. The summed E-state index contributed by atoms with van der Waals surface area (Å²) in [5, 5.41) is 3.58. The van der Waals surface area contributed by atoms with Crippen LogP contribution in [0.15, 0.2) is 24.3 Å². The van der Waals surface area contributed by atoms with Gasteiger partial charge in [-0.15, -0.1) is 0 Å². The SMILES string of the molecule is C[C@H]1CCCN(CC(=O)NCCOc2ccc(Cl)cc2)C1. The van der Waals surface area contributed by atoms with E-state index < -0.39 is 0 Å². The van der Waals surface area contributed by atoms with Gasteiger partial charge in [-0.3, -0.25) is 9.69 Å². The van der Waals surface area contributed by atoms with Crippen molar-refractivity contribution in [3.05, 3.63) is 29.3 Å². The number of benzene rings is 1. The number of rotatable bonds is 6. The first kappa shape index (κ1) is 16.1. The smallest absolute Gasteiger partial charge is 0.234 e. The van der Waals surface area contributed by atoms with Crippen molar-refractivity contribution in [2.75, 3.05) is 32.8 Å². The molecule has 0 spiro atoms. The second kappa shape index (κ2) is 8.25. The van der Waals surface area contributed by atoms with Crippen molar-refractivity contribution in [2.45, 2.75) is 19.8 Å². The Labute approximate surface area is 131 Å². The lowest BCUT2D eigenvalue weighted by Crippen LogP contribution is -2.42. The predicted octanol–water partition coefficient (Wildman–Crippen LogP) is 2.57. The number of ether oxygens (including phenoxy) is 1. The molecule has 0 unspecified atom stereocenters. The van der Waals surface area contributed by atoms with Crippen LogP contribution in [-0.2, 0) is 4.79 Å². The van der Waals surface area contributed by atoms with Crippen LogP contribution < -0.4 is 10.1 Å². The van der Waals surface area contributed by atoms with E-state index in [-0.39, 0.29) is 5.91 Å². The van der Waals surface area contributed by atoms with Gasteiger partial charge in [-0.2, -0.15) is 0 Å². The predicted molar refractivity (Wildman–Crippen MR) is 84.8 cm³/mol. The first-order valence-corrected chi connectivity index (χ1v) is 7.88. The molecule has 1 N–H and O–H groups in total. The molecule has 0 radical (unpaired) electrons. The summed E-state index contributed by atoms with van der Waals surface area (Å²) in [5.74, 6) is 1.53. The molecule has 0 aliphatic carbocycles. The summed E-state index contributed by atoms with van der Waals surface area (Å²) < 4.78 is 5.53. The van der Waals surface area contributed by atoms with E-state index >= 15 is 0 Å². The quantitative estimate of drug-likeness (QED) is 0.821. The molecule has 1 aliphatic heterocycles. The summed E-state index contributed by atoms with van der Waals surface area (Å²) >= 11 is 5.80. The lowest BCUT2D eigenvalue weighted by Gasteiger charge is -2.30. The third-order valence-electron chi connectivity index (χ3n) is 3.61. The fourth-order valence-electron chi connectivity index (χ4n) is 2.58. The van der Waals surface area contributed by atoms with E-state index in [0.717, 1.165) is 18.8 Å². The van der Waals surface area contributed by atoms with Crippen LogP contribution in [-0.4, -0.2) is 43.6 Å². The molecule has 21 heavy (non-hydrogen) atoms. The number of hydrogen-bond donors (Lipinski definition) is 1. The van der Waals surface area contributed by atoms with Gasteiger partial charge in [-0.05, 0) is 49.6 Å². The fourth-order valence-corrected chi connectivity index (χ4v) is 2.71. The van der Waals surface area contributed by atoms with Crippen LogP contribution in [0.2, 0.25) is 5.02 Å². The maximum absolute atomic E-state index is 11.8. The van der Waals surface area contributed by atoms with Crippen LogP contribution in [0.4, 0.5) is 0 Å². The zero-order valence-electron chi connectivity index (χ0n) is 12.5. The molecular weight excluding hydrogens is 288 g/mol. The summed E-state index contributed by atoms with van der Waals surface area (Å²) in [6.45, 7) is 5.76. The van der Waals surface area contributed by atoms with Gasteiger partial charge in [0.15, 0.2) is 0 Å². The van der Waals surface area contributed by atoms with Crippen LogP contribution in [0.3, 0.4) is 0 Å².